The van der Waals surface area contributed by atoms with Gasteiger partial charge >= 0.3 is 0 Å². The van der Waals surface area contributed by atoms with Crippen molar-refractivity contribution in [1.82, 2.24) is 40.9 Å². The molecule has 14 nitrogen and oxygen atoms in total. The van der Waals surface area contributed by atoms with Crippen LogP contribution in [0.2, 0.25) is 0 Å². The summed E-state index contributed by atoms with van der Waals surface area (Å²) in [6, 6.07) is 0. The van der Waals surface area contributed by atoms with Crippen LogP contribution in [0.15, 0.2) is 18.5 Å². The Morgan fingerprint density at radius 2 is 2.17 bits per heavy atom. The van der Waals surface area contributed by atoms with E-state index in [4.69, 9.17) is 16.3 Å². The monoisotopic (exact) mass is 399 g/mol. The third kappa shape index (κ3) is 3.10. The zero-order chi connectivity index (χ0) is 20.6. The summed E-state index contributed by atoms with van der Waals surface area (Å²) >= 11 is 0. The minimum Gasteiger partial charge on any atom is -0.370 e. The maximum Gasteiger partial charge on any atom is 0.267 e. The first-order chi connectivity index (χ1) is 13.9. The van der Waals surface area contributed by atoms with E-state index in [1.165, 1.54) is 6.08 Å². The fourth-order valence-corrected chi connectivity index (χ4v) is 3.05. The van der Waals surface area contributed by atoms with Gasteiger partial charge < -0.3 is 16.8 Å². The Labute approximate surface area is 162 Å². The normalized spacial score (nSPS) is 18.4. The van der Waals surface area contributed by atoms with E-state index in [0.717, 1.165) is 0 Å². The molecule has 7 N–H and O–H groups in total. The second-order valence-electron chi connectivity index (χ2n) is 6.26. The van der Waals surface area contributed by atoms with Crippen molar-refractivity contribution in [2.75, 3.05) is 5.32 Å². The largest absolute Gasteiger partial charge is 0.370 e. The van der Waals surface area contributed by atoms with Gasteiger partial charge in [-0.05, 0) is 18.2 Å². The van der Waals surface area contributed by atoms with Gasteiger partial charge in [0.25, 0.3) is 11.9 Å². The number of fused-ring (bicyclic) bond motifs is 1. The average Bonchev–Trinajstić information content (AvgIpc) is 3.41. The van der Waals surface area contributed by atoms with Gasteiger partial charge in [-0.3, -0.25) is 19.9 Å². The molecule has 14 heteroatoms. The zero-order valence-electron chi connectivity index (χ0n) is 15.2. The van der Waals surface area contributed by atoms with Gasteiger partial charge in [-0.1, -0.05) is 5.10 Å². The van der Waals surface area contributed by atoms with Crippen molar-refractivity contribution in [2.24, 2.45) is 11.5 Å². The minimum atomic E-state index is -1.72. The van der Waals surface area contributed by atoms with E-state index < -0.39 is 23.8 Å². The molecular weight excluding hydrogens is 382 g/mol. The predicted molar refractivity (Wildman–Crippen MR) is 98.6 cm³/mol. The van der Waals surface area contributed by atoms with Gasteiger partial charge in [0.05, 0.1) is 29.4 Å². The van der Waals surface area contributed by atoms with Gasteiger partial charge in [0, 0.05) is 18.3 Å². The molecule has 1 aliphatic heterocycles. The van der Waals surface area contributed by atoms with Crippen LogP contribution in [0.1, 0.15) is 18.9 Å². The van der Waals surface area contributed by atoms with Gasteiger partial charge in [-0.2, -0.15) is 10.3 Å². The van der Waals surface area contributed by atoms with Gasteiger partial charge in [0.1, 0.15) is 0 Å². The number of tetrazole rings is 1. The van der Waals surface area contributed by atoms with Gasteiger partial charge in [0.2, 0.25) is 11.5 Å². The number of hydroxylamine groups is 1. The molecule has 150 valence electrons. The summed E-state index contributed by atoms with van der Waals surface area (Å²) < 4.78 is 1.72. The molecule has 0 saturated carbocycles. The lowest BCUT2D eigenvalue weighted by Gasteiger charge is -2.19. The molecule has 0 radical (unpaired) electrons. The summed E-state index contributed by atoms with van der Waals surface area (Å²) in [4.78, 5) is 33.2. The average molecular weight is 399 g/mol. The molecule has 1 aliphatic rings. The van der Waals surface area contributed by atoms with Crippen LogP contribution in [-0.2, 0) is 21.0 Å². The number of aromatic nitrogens is 7. The smallest absolute Gasteiger partial charge is 0.267 e. The first-order valence-electron chi connectivity index (χ1n) is 8.54. The van der Waals surface area contributed by atoms with Crippen molar-refractivity contribution in [3.05, 3.63) is 24.0 Å². The number of carbonyl (C=O) groups is 2. The second-order valence-corrected chi connectivity index (χ2v) is 6.26. The standard InChI is InChI=1S/C15H17N11O3/c1-2-26-12-8(6-19-26)11(20-14-21-24-25-22-14)7(5-18-12)9-3-15(13(17)28,29-23-9)4-10(16)27/h3,5-6,23H,2,4H2,1H3,(H2,16,27)(H2,17,28)(H2,18,20,21,22,24,25). The van der Waals surface area contributed by atoms with E-state index in [2.05, 4.69) is 41.5 Å². The molecule has 0 aliphatic carbocycles. The molecule has 2 amide bonds. The SMILES string of the molecule is CCn1ncc2c(Nc3nn[nH]n3)c(C3=CC(CC(N)=O)(C(N)=O)ON3)cnc21. The highest BCUT2D eigenvalue weighted by molar-refractivity contribution is 5.99. The van der Waals surface area contributed by atoms with Crippen molar-refractivity contribution < 1.29 is 14.4 Å². The number of nitrogens with zero attached hydrogens (tertiary/aromatic N) is 6. The molecule has 3 aromatic heterocycles. The van der Waals surface area contributed by atoms with Crippen LogP contribution >= 0.6 is 0 Å². The van der Waals surface area contributed by atoms with Crippen LogP contribution in [0.25, 0.3) is 16.7 Å². The number of aryl methyl sites for hydroxylation is 1. The lowest BCUT2D eigenvalue weighted by molar-refractivity contribution is -0.145. The van der Waals surface area contributed by atoms with Crippen molar-refractivity contribution in [1.29, 1.82) is 0 Å². The van der Waals surface area contributed by atoms with Gasteiger partial charge in [0.15, 0.2) is 5.65 Å². The molecule has 4 heterocycles. The Morgan fingerprint density at radius 1 is 1.34 bits per heavy atom. The van der Waals surface area contributed by atoms with E-state index in [1.54, 1.807) is 17.1 Å². The molecular formula is C15H17N11O3. The number of rotatable bonds is 7. The van der Waals surface area contributed by atoms with Gasteiger partial charge in [-0.25, -0.2) is 9.67 Å². The third-order valence-electron chi connectivity index (χ3n) is 4.41. The van der Waals surface area contributed by atoms with Crippen LogP contribution in [0.5, 0.6) is 0 Å². The maximum absolute atomic E-state index is 12.0. The van der Waals surface area contributed by atoms with Crippen molar-refractivity contribution >= 4 is 40.2 Å². The Hall–Kier alpha value is -4.07. The Bertz CT molecular complexity index is 1120. The summed E-state index contributed by atoms with van der Waals surface area (Å²) in [6.45, 7) is 2.55. The van der Waals surface area contributed by atoms with Crippen molar-refractivity contribution in [3.8, 4) is 0 Å². The molecule has 0 saturated heterocycles. The number of carbonyl (C=O) groups excluding carboxylic acids is 2. The number of amides is 2. The molecule has 0 bridgehead atoms. The number of H-pyrrole nitrogens is 1. The highest BCUT2D eigenvalue weighted by atomic mass is 16.7. The minimum absolute atomic E-state index is 0.209. The molecule has 4 rings (SSSR count). The number of nitrogens with two attached hydrogens (primary N) is 2. The molecule has 0 spiro atoms. The topological polar surface area (TPSA) is 205 Å². The lowest BCUT2D eigenvalue weighted by atomic mass is 9.96. The number of primary amides is 2. The van der Waals surface area contributed by atoms with Crippen LogP contribution in [0, 0.1) is 0 Å². The maximum atomic E-state index is 12.0. The number of nitrogens with one attached hydrogen (secondary N) is 3. The molecule has 3 aromatic rings. The predicted octanol–water partition coefficient (Wildman–Crippen LogP) is -1.32. The summed E-state index contributed by atoms with van der Waals surface area (Å²) in [5.41, 5.74) is 13.6. The summed E-state index contributed by atoms with van der Waals surface area (Å²) in [5, 5.41) is 21.7. The summed E-state index contributed by atoms with van der Waals surface area (Å²) in [6.07, 6.45) is 4.17. The summed E-state index contributed by atoms with van der Waals surface area (Å²) in [7, 11) is 0. The summed E-state index contributed by atoms with van der Waals surface area (Å²) in [5.74, 6) is -1.40. The van der Waals surface area contributed by atoms with E-state index >= 15 is 0 Å². The molecule has 0 fully saturated rings. The fraction of sp³-hybridized carbons (Fsp3) is 0.267. The van der Waals surface area contributed by atoms with E-state index in [0.29, 0.717) is 34.5 Å². The number of hydrogen-bond donors (Lipinski definition) is 5. The number of aromatic amines is 1. The van der Waals surface area contributed by atoms with Crippen molar-refractivity contribution in [3.63, 3.8) is 0 Å². The van der Waals surface area contributed by atoms with Gasteiger partial charge in [-0.15, -0.1) is 5.10 Å². The number of anilines is 2. The Kier molecular flexibility index (Phi) is 4.31. The zero-order valence-corrected chi connectivity index (χ0v) is 15.2. The highest BCUT2D eigenvalue weighted by Gasteiger charge is 2.43. The molecule has 0 aromatic carbocycles. The van der Waals surface area contributed by atoms with E-state index in [1.807, 2.05) is 6.92 Å². The van der Waals surface area contributed by atoms with Crippen LogP contribution in [0.4, 0.5) is 11.6 Å². The number of pyridine rings is 1. The molecule has 29 heavy (non-hydrogen) atoms. The number of hydrogen-bond acceptors (Lipinski definition) is 10. The third-order valence-corrected chi connectivity index (χ3v) is 4.41. The van der Waals surface area contributed by atoms with E-state index in [9.17, 15) is 9.59 Å². The molecule has 1 unspecified atom stereocenters. The van der Waals surface area contributed by atoms with Crippen LogP contribution in [0.3, 0.4) is 0 Å². The second kappa shape index (κ2) is 6.83. The van der Waals surface area contributed by atoms with E-state index in [-0.39, 0.29) is 5.95 Å². The Morgan fingerprint density at radius 3 is 2.83 bits per heavy atom. The molecule has 1 atom stereocenters. The first kappa shape index (κ1) is 18.3. The lowest BCUT2D eigenvalue weighted by Crippen LogP contribution is -2.46. The Balaban J connectivity index is 1.86. The quantitative estimate of drug-likeness (QED) is 0.317. The van der Waals surface area contributed by atoms with Crippen LogP contribution in [-0.4, -0.2) is 52.8 Å². The fourth-order valence-electron chi connectivity index (χ4n) is 3.05. The first-order valence-corrected chi connectivity index (χ1v) is 8.54. The highest BCUT2D eigenvalue weighted by Crippen LogP contribution is 2.36. The van der Waals surface area contributed by atoms with Crippen LogP contribution < -0.4 is 22.3 Å². The van der Waals surface area contributed by atoms with Crippen molar-refractivity contribution in [2.45, 2.75) is 25.5 Å².